The minimum atomic E-state index is -0.112. The minimum Gasteiger partial charge on any atom is -0.469 e. The van der Waals surface area contributed by atoms with E-state index in [1.165, 1.54) is 12.8 Å². The lowest BCUT2D eigenvalue weighted by Gasteiger charge is -2.26. The van der Waals surface area contributed by atoms with Crippen LogP contribution in [0, 0.1) is 5.92 Å². The van der Waals surface area contributed by atoms with Crippen LogP contribution in [0.25, 0.3) is 0 Å². The third-order valence-corrected chi connectivity index (χ3v) is 2.91. The summed E-state index contributed by atoms with van der Waals surface area (Å²) in [5.41, 5.74) is 0. The SMILES string of the molecule is OC1CCCCC1Cc1ccco1. The zero-order valence-electron chi connectivity index (χ0n) is 7.78. The average molecular weight is 180 g/mol. The summed E-state index contributed by atoms with van der Waals surface area (Å²) in [7, 11) is 0. The molecule has 1 aliphatic carbocycles. The first kappa shape index (κ1) is 8.82. The second-order valence-corrected chi connectivity index (χ2v) is 3.90. The Bertz CT molecular complexity index is 241. The predicted molar refractivity (Wildman–Crippen MR) is 50.4 cm³/mol. The van der Waals surface area contributed by atoms with E-state index in [9.17, 15) is 5.11 Å². The highest BCUT2D eigenvalue weighted by atomic mass is 16.3. The maximum Gasteiger partial charge on any atom is 0.104 e. The number of aliphatic hydroxyl groups is 1. The quantitative estimate of drug-likeness (QED) is 0.758. The van der Waals surface area contributed by atoms with Gasteiger partial charge in [-0.3, -0.25) is 0 Å². The smallest absolute Gasteiger partial charge is 0.104 e. The largest absolute Gasteiger partial charge is 0.469 e. The monoisotopic (exact) mass is 180 g/mol. The van der Waals surface area contributed by atoms with Gasteiger partial charge in [0.2, 0.25) is 0 Å². The van der Waals surface area contributed by atoms with E-state index in [1.807, 2.05) is 12.1 Å². The first-order valence-corrected chi connectivity index (χ1v) is 5.06. The molecule has 1 aliphatic rings. The molecule has 1 aromatic heterocycles. The Kier molecular flexibility index (Phi) is 2.69. The van der Waals surface area contributed by atoms with Crippen molar-refractivity contribution in [2.75, 3.05) is 0 Å². The van der Waals surface area contributed by atoms with Gasteiger partial charge in [-0.15, -0.1) is 0 Å². The summed E-state index contributed by atoms with van der Waals surface area (Å²) in [6.45, 7) is 0. The maximum atomic E-state index is 9.73. The standard InChI is InChI=1S/C11H16O2/c12-11-6-2-1-4-9(11)8-10-5-3-7-13-10/h3,5,7,9,11-12H,1-2,4,6,8H2. The summed E-state index contributed by atoms with van der Waals surface area (Å²) < 4.78 is 5.27. The summed E-state index contributed by atoms with van der Waals surface area (Å²) in [4.78, 5) is 0. The van der Waals surface area contributed by atoms with Crippen molar-refractivity contribution >= 4 is 0 Å². The number of aliphatic hydroxyl groups excluding tert-OH is 1. The fourth-order valence-corrected chi connectivity index (χ4v) is 2.11. The van der Waals surface area contributed by atoms with Gasteiger partial charge in [-0.2, -0.15) is 0 Å². The Hall–Kier alpha value is -0.760. The van der Waals surface area contributed by atoms with Crippen LogP contribution in [0.1, 0.15) is 31.4 Å². The third-order valence-electron chi connectivity index (χ3n) is 2.91. The molecule has 0 amide bonds. The molecule has 13 heavy (non-hydrogen) atoms. The molecule has 1 heterocycles. The molecule has 0 spiro atoms. The molecular weight excluding hydrogens is 164 g/mol. The highest BCUT2D eigenvalue weighted by Gasteiger charge is 2.23. The minimum absolute atomic E-state index is 0.112. The topological polar surface area (TPSA) is 33.4 Å². The maximum absolute atomic E-state index is 9.73. The van der Waals surface area contributed by atoms with Crippen LogP contribution < -0.4 is 0 Å². The summed E-state index contributed by atoms with van der Waals surface area (Å²) in [5.74, 6) is 1.42. The number of rotatable bonds is 2. The Morgan fingerprint density at radius 2 is 2.23 bits per heavy atom. The number of hydrogen-bond donors (Lipinski definition) is 1. The Labute approximate surface area is 78.6 Å². The lowest BCUT2D eigenvalue weighted by atomic mass is 9.84. The van der Waals surface area contributed by atoms with E-state index in [2.05, 4.69) is 0 Å². The van der Waals surface area contributed by atoms with Crippen LogP contribution in [0.3, 0.4) is 0 Å². The molecule has 1 fully saturated rings. The molecule has 2 unspecified atom stereocenters. The van der Waals surface area contributed by atoms with Gasteiger partial charge in [0.1, 0.15) is 5.76 Å². The Balaban J connectivity index is 1.93. The first-order chi connectivity index (χ1) is 6.36. The molecule has 2 atom stereocenters. The summed E-state index contributed by atoms with van der Waals surface area (Å²) >= 11 is 0. The molecule has 1 saturated carbocycles. The van der Waals surface area contributed by atoms with Crippen LogP contribution in [0.2, 0.25) is 0 Å². The summed E-state index contributed by atoms with van der Waals surface area (Å²) in [6.07, 6.45) is 7.02. The molecule has 0 radical (unpaired) electrons. The highest BCUT2D eigenvalue weighted by molar-refractivity contribution is 5.00. The van der Waals surface area contributed by atoms with Crippen LogP contribution in [0.4, 0.5) is 0 Å². The van der Waals surface area contributed by atoms with Gasteiger partial charge in [0.25, 0.3) is 0 Å². The van der Waals surface area contributed by atoms with E-state index in [1.54, 1.807) is 6.26 Å². The molecule has 72 valence electrons. The zero-order chi connectivity index (χ0) is 9.10. The van der Waals surface area contributed by atoms with Crippen molar-refractivity contribution in [3.63, 3.8) is 0 Å². The van der Waals surface area contributed by atoms with Gasteiger partial charge in [-0.1, -0.05) is 12.8 Å². The molecule has 2 rings (SSSR count). The van der Waals surface area contributed by atoms with E-state index >= 15 is 0 Å². The number of hydrogen-bond acceptors (Lipinski definition) is 2. The van der Waals surface area contributed by atoms with Crippen LogP contribution in [-0.2, 0) is 6.42 Å². The fourth-order valence-electron chi connectivity index (χ4n) is 2.11. The Morgan fingerprint density at radius 1 is 1.38 bits per heavy atom. The first-order valence-electron chi connectivity index (χ1n) is 5.06. The van der Waals surface area contributed by atoms with Crippen molar-refractivity contribution in [2.45, 2.75) is 38.2 Å². The van der Waals surface area contributed by atoms with E-state index in [0.717, 1.165) is 25.0 Å². The zero-order valence-corrected chi connectivity index (χ0v) is 7.78. The van der Waals surface area contributed by atoms with Crippen LogP contribution in [0.15, 0.2) is 22.8 Å². The predicted octanol–water partition coefficient (Wildman–Crippen LogP) is 2.37. The van der Waals surface area contributed by atoms with E-state index in [0.29, 0.717) is 5.92 Å². The highest BCUT2D eigenvalue weighted by Crippen LogP contribution is 2.27. The molecular formula is C11H16O2. The third kappa shape index (κ3) is 2.13. The van der Waals surface area contributed by atoms with Crippen molar-refractivity contribution in [1.82, 2.24) is 0 Å². The van der Waals surface area contributed by atoms with Crippen molar-refractivity contribution < 1.29 is 9.52 Å². The number of furan rings is 1. The second kappa shape index (κ2) is 3.97. The van der Waals surface area contributed by atoms with Gasteiger partial charge >= 0.3 is 0 Å². The fraction of sp³-hybridized carbons (Fsp3) is 0.636. The van der Waals surface area contributed by atoms with Crippen molar-refractivity contribution in [1.29, 1.82) is 0 Å². The summed E-state index contributed by atoms with van der Waals surface area (Å²) in [5, 5.41) is 9.73. The van der Waals surface area contributed by atoms with Crippen molar-refractivity contribution in [3.8, 4) is 0 Å². The van der Waals surface area contributed by atoms with Gasteiger partial charge in [0.15, 0.2) is 0 Å². The molecule has 2 nitrogen and oxygen atoms in total. The normalized spacial score (nSPS) is 29.0. The Morgan fingerprint density at radius 3 is 2.92 bits per heavy atom. The van der Waals surface area contributed by atoms with Crippen molar-refractivity contribution in [2.24, 2.45) is 5.92 Å². The average Bonchev–Trinajstić information content (AvgIpc) is 2.61. The van der Waals surface area contributed by atoms with Gasteiger partial charge in [-0.05, 0) is 30.9 Å². The van der Waals surface area contributed by atoms with E-state index in [-0.39, 0.29) is 6.10 Å². The van der Waals surface area contributed by atoms with Gasteiger partial charge in [0, 0.05) is 6.42 Å². The molecule has 1 N–H and O–H groups in total. The molecule has 1 aromatic rings. The van der Waals surface area contributed by atoms with E-state index < -0.39 is 0 Å². The van der Waals surface area contributed by atoms with E-state index in [4.69, 9.17) is 4.42 Å². The van der Waals surface area contributed by atoms with Crippen LogP contribution >= 0.6 is 0 Å². The van der Waals surface area contributed by atoms with Crippen LogP contribution in [-0.4, -0.2) is 11.2 Å². The van der Waals surface area contributed by atoms with Crippen molar-refractivity contribution in [3.05, 3.63) is 24.2 Å². The lowest BCUT2D eigenvalue weighted by Crippen LogP contribution is -2.25. The summed E-state index contributed by atoms with van der Waals surface area (Å²) in [6, 6.07) is 3.89. The van der Waals surface area contributed by atoms with Gasteiger partial charge < -0.3 is 9.52 Å². The van der Waals surface area contributed by atoms with Gasteiger partial charge in [-0.25, -0.2) is 0 Å². The molecule has 0 bridgehead atoms. The van der Waals surface area contributed by atoms with Crippen LogP contribution in [0.5, 0.6) is 0 Å². The molecule has 0 saturated heterocycles. The van der Waals surface area contributed by atoms with Gasteiger partial charge in [0.05, 0.1) is 12.4 Å². The second-order valence-electron chi connectivity index (χ2n) is 3.90. The molecule has 2 heteroatoms. The molecule has 0 aromatic carbocycles. The molecule has 0 aliphatic heterocycles. The lowest BCUT2D eigenvalue weighted by molar-refractivity contribution is 0.0673.